The fourth-order valence-electron chi connectivity index (χ4n) is 0.872. The SMILES string of the molecule is COc1cccc(NOC(C)C)c1. The molecule has 0 spiro atoms. The van der Waals surface area contributed by atoms with E-state index < -0.39 is 0 Å². The number of anilines is 1. The van der Waals surface area contributed by atoms with Crippen LogP contribution in [0.5, 0.6) is 5.75 Å². The van der Waals surface area contributed by atoms with Crippen LogP contribution < -0.4 is 10.2 Å². The Morgan fingerprint density at radius 2 is 2.08 bits per heavy atom. The standard InChI is InChI=1S/C10H15NO2/c1-8(2)13-11-9-5-4-6-10(7-9)12-3/h4-8,11H,1-3H3. The minimum absolute atomic E-state index is 0.159. The van der Waals surface area contributed by atoms with Gasteiger partial charge in [-0.15, -0.1) is 0 Å². The molecule has 13 heavy (non-hydrogen) atoms. The van der Waals surface area contributed by atoms with Crippen molar-refractivity contribution in [2.75, 3.05) is 12.6 Å². The average Bonchev–Trinajstić information content (AvgIpc) is 2.15. The molecule has 3 nitrogen and oxygen atoms in total. The van der Waals surface area contributed by atoms with Crippen molar-refractivity contribution in [3.63, 3.8) is 0 Å². The van der Waals surface area contributed by atoms with Crippen LogP contribution >= 0.6 is 0 Å². The Kier molecular flexibility index (Phi) is 3.58. The van der Waals surface area contributed by atoms with Crippen LogP contribution in [0, 0.1) is 0 Å². The van der Waals surface area contributed by atoms with E-state index in [2.05, 4.69) is 5.48 Å². The Balaban J connectivity index is 2.56. The van der Waals surface area contributed by atoms with Gasteiger partial charge in [0.2, 0.25) is 0 Å². The van der Waals surface area contributed by atoms with E-state index >= 15 is 0 Å². The second-order valence-electron chi connectivity index (χ2n) is 3.00. The number of hydrogen-bond donors (Lipinski definition) is 1. The van der Waals surface area contributed by atoms with Crippen molar-refractivity contribution in [2.24, 2.45) is 0 Å². The van der Waals surface area contributed by atoms with Crippen molar-refractivity contribution in [3.8, 4) is 5.75 Å². The second-order valence-corrected chi connectivity index (χ2v) is 3.00. The van der Waals surface area contributed by atoms with Crippen molar-refractivity contribution >= 4 is 5.69 Å². The molecule has 0 radical (unpaired) electrons. The molecule has 1 N–H and O–H groups in total. The van der Waals surface area contributed by atoms with Crippen molar-refractivity contribution < 1.29 is 9.57 Å². The van der Waals surface area contributed by atoms with Gasteiger partial charge in [-0.3, -0.25) is 10.3 Å². The predicted molar refractivity (Wildman–Crippen MR) is 52.8 cm³/mol. The van der Waals surface area contributed by atoms with E-state index in [4.69, 9.17) is 9.57 Å². The summed E-state index contributed by atoms with van der Waals surface area (Å²) in [6.45, 7) is 3.93. The highest BCUT2D eigenvalue weighted by molar-refractivity contribution is 5.46. The molecule has 0 aromatic heterocycles. The highest BCUT2D eigenvalue weighted by atomic mass is 16.7. The van der Waals surface area contributed by atoms with E-state index in [1.54, 1.807) is 7.11 Å². The molecule has 0 saturated carbocycles. The summed E-state index contributed by atoms with van der Waals surface area (Å²) < 4.78 is 5.07. The zero-order valence-corrected chi connectivity index (χ0v) is 8.20. The van der Waals surface area contributed by atoms with E-state index in [0.717, 1.165) is 11.4 Å². The number of methoxy groups -OCH3 is 1. The maximum Gasteiger partial charge on any atom is 0.121 e. The van der Waals surface area contributed by atoms with E-state index in [1.807, 2.05) is 38.1 Å². The fourth-order valence-corrected chi connectivity index (χ4v) is 0.872. The Morgan fingerprint density at radius 1 is 1.31 bits per heavy atom. The van der Waals surface area contributed by atoms with Crippen molar-refractivity contribution in [1.82, 2.24) is 0 Å². The molecular formula is C10H15NO2. The topological polar surface area (TPSA) is 30.5 Å². The summed E-state index contributed by atoms with van der Waals surface area (Å²) in [6, 6.07) is 7.60. The summed E-state index contributed by atoms with van der Waals surface area (Å²) in [5, 5.41) is 0. The number of benzene rings is 1. The normalized spacial score (nSPS) is 10.2. The Labute approximate surface area is 78.6 Å². The quantitative estimate of drug-likeness (QED) is 0.724. The Hall–Kier alpha value is -1.22. The lowest BCUT2D eigenvalue weighted by molar-refractivity contribution is 0.130. The number of rotatable bonds is 4. The first-order chi connectivity index (χ1) is 6.22. The minimum atomic E-state index is 0.159. The summed E-state index contributed by atoms with van der Waals surface area (Å²) in [5.74, 6) is 0.817. The third kappa shape index (κ3) is 3.34. The first-order valence-corrected chi connectivity index (χ1v) is 4.28. The molecule has 0 aliphatic carbocycles. The van der Waals surface area contributed by atoms with Crippen LogP contribution in [0.4, 0.5) is 5.69 Å². The highest BCUT2D eigenvalue weighted by Gasteiger charge is 1.96. The molecule has 0 saturated heterocycles. The van der Waals surface area contributed by atoms with Gasteiger partial charge in [-0.2, -0.15) is 0 Å². The lowest BCUT2D eigenvalue weighted by atomic mass is 10.3. The summed E-state index contributed by atoms with van der Waals surface area (Å²) in [6.07, 6.45) is 0.159. The van der Waals surface area contributed by atoms with Gasteiger partial charge in [0, 0.05) is 6.07 Å². The first-order valence-electron chi connectivity index (χ1n) is 4.28. The molecule has 3 heteroatoms. The molecule has 0 heterocycles. The summed E-state index contributed by atoms with van der Waals surface area (Å²) in [4.78, 5) is 5.22. The zero-order chi connectivity index (χ0) is 9.68. The number of ether oxygens (including phenoxy) is 1. The molecule has 0 bridgehead atoms. The Bertz CT molecular complexity index is 261. The van der Waals surface area contributed by atoms with Crippen LogP contribution in [-0.2, 0) is 4.84 Å². The third-order valence-corrected chi connectivity index (χ3v) is 1.48. The second kappa shape index (κ2) is 4.72. The largest absolute Gasteiger partial charge is 0.497 e. The number of nitrogens with one attached hydrogen (secondary N) is 1. The summed E-state index contributed by atoms with van der Waals surface area (Å²) in [5.41, 5.74) is 3.74. The molecule has 0 unspecified atom stereocenters. The minimum Gasteiger partial charge on any atom is -0.497 e. The highest BCUT2D eigenvalue weighted by Crippen LogP contribution is 2.16. The maximum absolute atomic E-state index is 5.22. The summed E-state index contributed by atoms with van der Waals surface area (Å²) in [7, 11) is 1.64. The maximum atomic E-state index is 5.22. The van der Waals surface area contributed by atoms with E-state index in [1.165, 1.54) is 0 Å². The van der Waals surface area contributed by atoms with Crippen molar-refractivity contribution in [3.05, 3.63) is 24.3 Å². The molecular weight excluding hydrogens is 166 g/mol. The van der Waals surface area contributed by atoms with Gasteiger partial charge in [0.05, 0.1) is 18.9 Å². The molecule has 0 aliphatic rings. The van der Waals surface area contributed by atoms with Crippen molar-refractivity contribution in [2.45, 2.75) is 20.0 Å². The van der Waals surface area contributed by atoms with Crippen LogP contribution in [0.1, 0.15) is 13.8 Å². The van der Waals surface area contributed by atoms with Gasteiger partial charge >= 0.3 is 0 Å². The van der Waals surface area contributed by atoms with Crippen LogP contribution in [0.15, 0.2) is 24.3 Å². The predicted octanol–water partition coefficient (Wildman–Crippen LogP) is 2.45. The van der Waals surface area contributed by atoms with Gasteiger partial charge in [-0.25, -0.2) is 0 Å². The van der Waals surface area contributed by atoms with E-state index in [-0.39, 0.29) is 6.10 Å². The third-order valence-electron chi connectivity index (χ3n) is 1.48. The fraction of sp³-hybridized carbons (Fsp3) is 0.400. The molecule has 72 valence electrons. The molecule has 0 fully saturated rings. The van der Waals surface area contributed by atoms with Gasteiger partial charge in [-0.1, -0.05) is 6.07 Å². The number of hydrogen-bond acceptors (Lipinski definition) is 3. The van der Waals surface area contributed by atoms with Gasteiger partial charge in [0.25, 0.3) is 0 Å². The van der Waals surface area contributed by atoms with E-state index in [9.17, 15) is 0 Å². The van der Waals surface area contributed by atoms with Gasteiger partial charge in [0.1, 0.15) is 5.75 Å². The first kappa shape index (κ1) is 9.86. The van der Waals surface area contributed by atoms with Gasteiger partial charge in [-0.05, 0) is 26.0 Å². The lowest BCUT2D eigenvalue weighted by Gasteiger charge is -2.10. The van der Waals surface area contributed by atoms with Crippen LogP contribution in [0.3, 0.4) is 0 Å². The van der Waals surface area contributed by atoms with Crippen LogP contribution in [0.2, 0.25) is 0 Å². The molecule has 0 amide bonds. The smallest absolute Gasteiger partial charge is 0.121 e. The average molecular weight is 181 g/mol. The molecule has 1 aromatic rings. The zero-order valence-electron chi connectivity index (χ0n) is 8.20. The van der Waals surface area contributed by atoms with E-state index in [0.29, 0.717) is 0 Å². The summed E-state index contributed by atoms with van der Waals surface area (Å²) >= 11 is 0. The van der Waals surface area contributed by atoms with Crippen LogP contribution in [-0.4, -0.2) is 13.2 Å². The van der Waals surface area contributed by atoms with Crippen molar-refractivity contribution in [1.29, 1.82) is 0 Å². The molecule has 1 aromatic carbocycles. The molecule has 0 atom stereocenters. The lowest BCUT2D eigenvalue weighted by Crippen LogP contribution is -2.08. The molecule has 1 rings (SSSR count). The van der Waals surface area contributed by atoms with Gasteiger partial charge < -0.3 is 4.74 Å². The molecule has 0 aliphatic heterocycles. The monoisotopic (exact) mass is 181 g/mol. The Morgan fingerprint density at radius 3 is 2.69 bits per heavy atom. The van der Waals surface area contributed by atoms with Gasteiger partial charge in [0.15, 0.2) is 0 Å². The van der Waals surface area contributed by atoms with Crippen LogP contribution in [0.25, 0.3) is 0 Å².